The minimum absolute atomic E-state index is 0.359. The molecule has 1 aromatic rings. The Morgan fingerprint density at radius 2 is 2.27 bits per heavy atom. The third kappa shape index (κ3) is 3.47. The molecule has 0 bridgehead atoms. The lowest BCUT2D eigenvalue weighted by Gasteiger charge is -2.19. The zero-order valence-corrected chi connectivity index (χ0v) is 10.4. The predicted molar refractivity (Wildman–Crippen MR) is 62.1 cm³/mol. The molecule has 0 saturated carbocycles. The van der Waals surface area contributed by atoms with E-state index >= 15 is 0 Å². The molecule has 1 heterocycles. The van der Waals surface area contributed by atoms with Crippen molar-refractivity contribution in [3.05, 3.63) is 12.2 Å². The van der Waals surface area contributed by atoms with Gasteiger partial charge in [-0.2, -0.15) is 5.10 Å². The average molecular weight is 231 g/mol. The number of rotatable bonds is 6. The van der Waals surface area contributed by atoms with E-state index in [9.17, 15) is 0 Å². The van der Waals surface area contributed by atoms with Crippen molar-refractivity contribution < 1.29 is 0 Å². The van der Waals surface area contributed by atoms with Gasteiger partial charge in [-0.15, -0.1) is 11.6 Å². The van der Waals surface area contributed by atoms with E-state index in [1.807, 2.05) is 4.68 Å². The van der Waals surface area contributed by atoms with Crippen LogP contribution in [-0.2, 0) is 6.54 Å². The molecule has 4 nitrogen and oxygen atoms in total. The Kier molecular flexibility index (Phi) is 5.05. The largest absolute Gasteiger partial charge is 0.295 e. The average Bonchev–Trinajstić information content (AvgIpc) is 2.65. The van der Waals surface area contributed by atoms with Gasteiger partial charge in [0.25, 0.3) is 0 Å². The quantitative estimate of drug-likeness (QED) is 0.701. The highest BCUT2D eigenvalue weighted by Crippen LogP contribution is 2.07. The van der Waals surface area contributed by atoms with Crippen molar-refractivity contribution in [2.24, 2.45) is 0 Å². The van der Waals surface area contributed by atoms with E-state index in [0.29, 0.717) is 11.9 Å². The fourth-order valence-corrected chi connectivity index (χ4v) is 1.73. The van der Waals surface area contributed by atoms with Gasteiger partial charge >= 0.3 is 0 Å². The maximum atomic E-state index is 5.73. The van der Waals surface area contributed by atoms with E-state index in [2.05, 4.69) is 35.8 Å². The minimum Gasteiger partial charge on any atom is -0.295 e. The fraction of sp³-hybridized carbons (Fsp3) is 0.800. The van der Waals surface area contributed by atoms with E-state index in [4.69, 9.17) is 11.6 Å². The van der Waals surface area contributed by atoms with Crippen molar-refractivity contribution in [1.29, 1.82) is 0 Å². The van der Waals surface area contributed by atoms with Gasteiger partial charge < -0.3 is 0 Å². The summed E-state index contributed by atoms with van der Waals surface area (Å²) in [6, 6.07) is 0.359. The number of aromatic nitrogens is 3. The predicted octanol–water partition coefficient (Wildman–Crippen LogP) is 1.92. The van der Waals surface area contributed by atoms with Gasteiger partial charge in [0.05, 0.1) is 6.54 Å². The van der Waals surface area contributed by atoms with Crippen molar-refractivity contribution >= 4 is 11.6 Å². The molecule has 0 saturated heterocycles. The second-order valence-corrected chi connectivity index (χ2v) is 4.15. The van der Waals surface area contributed by atoms with Crippen LogP contribution in [-0.4, -0.2) is 38.6 Å². The second kappa shape index (κ2) is 6.08. The van der Waals surface area contributed by atoms with Crippen molar-refractivity contribution in [2.75, 3.05) is 19.0 Å². The molecule has 1 aromatic heterocycles. The van der Waals surface area contributed by atoms with E-state index in [-0.39, 0.29) is 0 Å². The van der Waals surface area contributed by atoms with Gasteiger partial charge in [-0.1, -0.05) is 6.92 Å². The summed E-state index contributed by atoms with van der Waals surface area (Å²) >= 11 is 5.73. The molecule has 1 rings (SSSR count). The van der Waals surface area contributed by atoms with Gasteiger partial charge in [0, 0.05) is 18.5 Å². The normalized spacial score (nSPS) is 11.6. The summed E-state index contributed by atoms with van der Waals surface area (Å²) in [6.07, 6.45) is 1.61. The van der Waals surface area contributed by atoms with Crippen LogP contribution in [0.3, 0.4) is 0 Å². The summed E-state index contributed by atoms with van der Waals surface area (Å²) in [5.41, 5.74) is 0. The zero-order valence-electron chi connectivity index (χ0n) is 9.65. The van der Waals surface area contributed by atoms with Crippen LogP contribution in [0.4, 0.5) is 0 Å². The van der Waals surface area contributed by atoms with Crippen LogP contribution in [0.2, 0.25) is 0 Å². The highest BCUT2D eigenvalue weighted by Gasteiger charge is 2.10. The Balaban J connectivity index is 2.65. The molecule has 0 unspecified atom stereocenters. The van der Waals surface area contributed by atoms with Crippen molar-refractivity contribution in [1.82, 2.24) is 19.7 Å². The summed E-state index contributed by atoms with van der Waals surface area (Å²) in [7, 11) is 0. The Morgan fingerprint density at radius 3 is 2.80 bits per heavy atom. The SMILES string of the molecule is CCN(CCCl)Cc1ncnn1C(C)C. The van der Waals surface area contributed by atoms with Crippen LogP contribution >= 0.6 is 11.6 Å². The lowest BCUT2D eigenvalue weighted by atomic mass is 10.4. The molecule has 0 aliphatic carbocycles. The lowest BCUT2D eigenvalue weighted by Crippen LogP contribution is -2.27. The smallest absolute Gasteiger partial charge is 0.141 e. The van der Waals surface area contributed by atoms with Crippen LogP contribution in [0.25, 0.3) is 0 Å². The molecular formula is C10H19ClN4. The maximum Gasteiger partial charge on any atom is 0.141 e. The molecule has 15 heavy (non-hydrogen) atoms. The molecule has 86 valence electrons. The molecule has 5 heteroatoms. The first kappa shape index (κ1) is 12.5. The van der Waals surface area contributed by atoms with Crippen molar-refractivity contribution in [3.8, 4) is 0 Å². The van der Waals surface area contributed by atoms with Gasteiger partial charge in [0.1, 0.15) is 12.2 Å². The van der Waals surface area contributed by atoms with Gasteiger partial charge in [-0.3, -0.25) is 4.90 Å². The summed E-state index contributed by atoms with van der Waals surface area (Å²) in [4.78, 5) is 6.53. The topological polar surface area (TPSA) is 34.0 Å². The van der Waals surface area contributed by atoms with Gasteiger partial charge in [-0.25, -0.2) is 9.67 Å². The van der Waals surface area contributed by atoms with Crippen molar-refractivity contribution in [2.45, 2.75) is 33.4 Å². The standard InChI is InChI=1S/C10H19ClN4/c1-4-14(6-5-11)7-10-12-8-13-15(10)9(2)3/h8-9H,4-7H2,1-3H3. The van der Waals surface area contributed by atoms with Gasteiger partial charge in [0.2, 0.25) is 0 Å². The first-order valence-electron chi connectivity index (χ1n) is 5.35. The Hall–Kier alpha value is -0.610. The number of alkyl halides is 1. The first-order chi connectivity index (χ1) is 7.19. The van der Waals surface area contributed by atoms with Crippen LogP contribution in [0.15, 0.2) is 6.33 Å². The van der Waals surface area contributed by atoms with E-state index in [0.717, 1.165) is 25.5 Å². The van der Waals surface area contributed by atoms with Gasteiger partial charge in [-0.05, 0) is 20.4 Å². The number of hydrogen-bond acceptors (Lipinski definition) is 3. The maximum absolute atomic E-state index is 5.73. The summed E-state index contributed by atoms with van der Waals surface area (Å²) in [5.74, 6) is 1.67. The molecule has 0 radical (unpaired) electrons. The molecule has 0 aliphatic heterocycles. The van der Waals surface area contributed by atoms with Crippen molar-refractivity contribution in [3.63, 3.8) is 0 Å². The van der Waals surface area contributed by atoms with Crippen LogP contribution in [0, 0.1) is 0 Å². The number of hydrogen-bond donors (Lipinski definition) is 0. The number of nitrogens with zero attached hydrogens (tertiary/aromatic N) is 4. The number of halogens is 1. The Bertz CT molecular complexity index is 285. The highest BCUT2D eigenvalue weighted by molar-refractivity contribution is 6.18. The van der Waals surface area contributed by atoms with Crippen LogP contribution < -0.4 is 0 Å². The first-order valence-corrected chi connectivity index (χ1v) is 5.89. The Labute approximate surface area is 96.2 Å². The second-order valence-electron chi connectivity index (χ2n) is 3.77. The molecule has 0 N–H and O–H groups in total. The molecular weight excluding hydrogens is 212 g/mol. The third-order valence-corrected chi connectivity index (χ3v) is 2.52. The van der Waals surface area contributed by atoms with Crippen LogP contribution in [0.1, 0.15) is 32.6 Å². The molecule has 0 aromatic carbocycles. The highest BCUT2D eigenvalue weighted by atomic mass is 35.5. The minimum atomic E-state index is 0.359. The van der Waals surface area contributed by atoms with Crippen LogP contribution in [0.5, 0.6) is 0 Å². The van der Waals surface area contributed by atoms with E-state index < -0.39 is 0 Å². The van der Waals surface area contributed by atoms with Gasteiger partial charge in [0.15, 0.2) is 0 Å². The third-order valence-electron chi connectivity index (χ3n) is 2.35. The Morgan fingerprint density at radius 1 is 1.53 bits per heavy atom. The monoisotopic (exact) mass is 230 g/mol. The zero-order chi connectivity index (χ0) is 11.3. The lowest BCUT2D eigenvalue weighted by molar-refractivity contribution is 0.280. The molecule has 0 fully saturated rings. The summed E-state index contributed by atoms with van der Waals surface area (Å²) < 4.78 is 1.96. The molecule has 0 spiro atoms. The fourth-order valence-electron chi connectivity index (χ4n) is 1.49. The molecule has 0 amide bonds. The van der Waals surface area contributed by atoms with E-state index in [1.54, 1.807) is 6.33 Å². The summed E-state index contributed by atoms with van der Waals surface area (Å²) in [6.45, 7) is 9.04. The van der Waals surface area contributed by atoms with E-state index in [1.165, 1.54) is 0 Å². The molecule has 0 aliphatic rings. The molecule has 0 atom stereocenters. The summed E-state index contributed by atoms with van der Waals surface area (Å²) in [5, 5.41) is 4.21.